The van der Waals surface area contributed by atoms with Crippen LogP contribution in [0, 0.1) is 18.3 Å². The number of fused-ring (bicyclic) bond motifs is 1. The summed E-state index contributed by atoms with van der Waals surface area (Å²) in [5, 5.41) is 16.7. The minimum absolute atomic E-state index is 0.0425. The second-order valence-corrected chi connectivity index (χ2v) is 7.38. The van der Waals surface area contributed by atoms with Gasteiger partial charge in [0.25, 0.3) is 0 Å². The predicted octanol–water partition coefficient (Wildman–Crippen LogP) is 4.54. The summed E-state index contributed by atoms with van der Waals surface area (Å²) in [5.41, 5.74) is 8.06. The lowest BCUT2D eigenvalue weighted by Gasteiger charge is -2.24. The fourth-order valence-corrected chi connectivity index (χ4v) is 3.75. The summed E-state index contributed by atoms with van der Waals surface area (Å²) >= 11 is 0. The van der Waals surface area contributed by atoms with Gasteiger partial charge in [-0.1, -0.05) is 12.1 Å². The second kappa shape index (κ2) is 8.43. The molecule has 0 saturated heterocycles. The van der Waals surface area contributed by atoms with Crippen LogP contribution in [0.1, 0.15) is 33.9 Å². The Labute approximate surface area is 187 Å². The van der Waals surface area contributed by atoms with E-state index in [-0.39, 0.29) is 29.7 Å². The maximum atomic E-state index is 13.0. The number of aromatic nitrogens is 2. The summed E-state index contributed by atoms with van der Waals surface area (Å²) in [6.07, 6.45) is -4.47. The molecule has 10 heteroatoms. The molecule has 0 amide bonds. The van der Waals surface area contributed by atoms with E-state index in [4.69, 9.17) is 19.9 Å². The molecule has 1 aliphatic heterocycles. The molecule has 33 heavy (non-hydrogen) atoms. The summed E-state index contributed by atoms with van der Waals surface area (Å²) in [7, 11) is 1.48. The summed E-state index contributed by atoms with van der Waals surface area (Å²) in [5.74, 6) is 0.247. The molecule has 0 spiro atoms. The number of methoxy groups -OCH3 is 1. The third kappa shape index (κ3) is 4.17. The molecule has 1 atom stereocenters. The third-order valence-corrected chi connectivity index (χ3v) is 5.32. The van der Waals surface area contributed by atoms with Crippen molar-refractivity contribution in [2.24, 2.45) is 5.73 Å². The van der Waals surface area contributed by atoms with Gasteiger partial charge in [-0.3, -0.25) is 5.10 Å². The molecular formula is C23H19F3N4O3. The number of hydrogen-bond donors (Lipinski definition) is 2. The van der Waals surface area contributed by atoms with E-state index in [1.54, 1.807) is 25.1 Å². The van der Waals surface area contributed by atoms with Gasteiger partial charge < -0.3 is 19.9 Å². The number of aryl methyl sites for hydroxylation is 1. The standard InChI is InChI=1S/C23H19F3N4O3/c1-12-19-20(17(10-27)21(28)33-22(19)30-29-12)13-6-7-18(31-2)14(8-13)11-32-16-5-3-4-15(9-16)23(24,25)26/h3-9,20H,11,28H2,1-2H3,(H,29,30)/t20-/m1/s1. The first-order valence-electron chi connectivity index (χ1n) is 9.82. The van der Waals surface area contributed by atoms with Gasteiger partial charge in [-0.15, -0.1) is 5.10 Å². The van der Waals surface area contributed by atoms with Gasteiger partial charge in [0.1, 0.15) is 29.7 Å². The van der Waals surface area contributed by atoms with E-state index >= 15 is 0 Å². The highest BCUT2D eigenvalue weighted by Gasteiger charge is 2.34. The Morgan fingerprint density at radius 3 is 2.73 bits per heavy atom. The monoisotopic (exact) mass is 456 g/mol. The molecule has 0 bridgehead atoms. The molecule has 1 aromatic heterocycles. The van der Waals surface area contributed by atoms with Gasteiger partial charge >= 0.3 is 6.18 Å². The molecule has 170 valence electrons. The molecule has 2 aromatic carbocycles. The number of nitrogens with two attached hydrogens (primary N) is 1. The third-order valence-electron chi connectivity index (χ3n) is 5.32. The summed E-state index contributed by atoms with van der Waals surface area (Å²) < 4.78 is 55.5. The largest absolute Gasteiger partial charge is 0.496 e. The summed E-state index contributed by atoms with van der Waals surface area (Å²) in [6.45, 7) is 1.75. The Morgan fingerprint density at radius 1 is 1.24 bits per heavy atom. The Bertz CT molecular complexity index is 1270. The van der Waals surface area contributed by atoms with Crippen LogP contribution in [0.25, 0.3) is 0 Å². The molecular weight excluding hydrogens is 437 g/mol. The highest BCUT2D eigenvalue weighted by Crippen LogP contribution is 2.43. The molecule has 0 radical (unpaired) electrons. The average molecular weight is 456 g/mol. The van der Waals surface area contributed by atoms with E-state index in [1.165, 1.54) is 19.2 Å². The first-order valence-corrected chi connectivity index (χ1v) is 9.82. The number of allylic oxidation sites excluding steroid dienone is 1. The number of benzene rings is 2. The number of aromatic amines is 1. The van der Waals surface area contributed by atoms with Crippen molar-refractivity contribution in [3.63, 3.8) is 0 Å². The van der Waals surface area contributed by atoms with Crippen molar-refractivity contribution in [2.75, 3.05) is 7.11 Å². The topological polar surface area (TPSA) is 106 Å². The van der Waals surface area contributed by atoms with Crippen molar-refractivity contribution in [1.82, 2.24) is 10.2 Å². The molecule has 0 aliphatic carbocycles. The zero-order valence-corrected chi connectivity index (χ0v) is 17.7. The minimum Gasteiger partial charge on any atom is -0.496 e. The van der Waals surface area contributed by atoms with E-state index in [1.807, 2.05) is 0 Å². The number of alkyl halides is 3. The van der Waals surface area contributed by atoms with Crippen LogP contribution in [0.5, 0.6) is 17.4 Å². The normalized spacial score (nSPS) is 15.5. The summed E-state index contributed by atoms with van der Waals surface area (Å²) in [4.78, 5) is 0. The molecule has 1 aliphatic rings. The number of ether oxygens (including phenoxy) is 3. The van der Waals surface area contributed by atoms with Gasteiger partial charge in [0, 0.05) is 16.8 Å². The van der Waals surface area contributed by atoms with Crippen LogP contribution in [-0.2, 0) is 12.8 Å². The van der Waals surface area contributed by atoms with Gasteiger partial charge in [-0.2, -0.15) is 18.4 Å². The van der Waals surface area contributed by atoms with E-state index in [2.05, 4.69) is 16.3 Å². The number of H-pyrrole nitrogens is 1. The molecule has 3 N–H and O–H groups in total. The molecule has 2 heterocycles. The lowest BCUT2D eigenvalue weighted by molar-refractivity contribution is -0.137. The number of nitriles is 1. The SMILES string of the molecule is COc1ccc([C@@H]2C(C#N)=C(N)Oc3n[nH]c(C)c32)cc1COc1cccc(C(F)(F)F)c1. The number of rotatable bonds is 5. The van der Waals surface area contributed by atoms with E-state index in [0.29, 0.717) is 28.1 Å². The van der Waals surface area contributed by atoms with Crippen LogP contribution in [0.2, 0.25) is 0 Å². The van der Waals surface area contributed by atoms with Crippen molar-refractivity contribution in [3.8, 4) is 23.4 Å². The fourth-order valence-electron chi connectivity index (χ4n) is 3.75. The minimum atomic E-state index is -4.47. The van der Waals surface area contributed by atoms with E-state index < -0.39 is 17.7 Å². The molecule has 7 nitrogen and oxygen atoms in total. The second-order valence-electron chi connectivity index (χ2n) is 7.38. The van der Waals surface area contributed by atoms with Gasteiger partial charge in [-0.05, 0) is 42.8 Å². The van der Waals surface area contributed by atoms with Crippen LogP contribution in [0.15, 0.2) is 53.9 Å². The Morgan fingerprint density at radius 2 is 2.03 bits per heavy atom. The highest BCUT2D eigenvalue weighted by molar-refractivity contribution is 5.56. The Kier molecular flexibility index (Phi) is 5.64. The molecule has 0 saturated carbocycles. The zero-order chi connectivity index (χ0) is 23.8. The van der Waals surface area contributed by atoms with Gasteiger partial charge in [0.2, 0.25) is 11.8 Å². The quantitative estimate of drug-likeness (QED) is 0.584. The first-order chi connectivity index (χ1) is 15.7. The van der Waals surface area contributed by atoms with Crippen molar-refractivity contribution in [1.29, 1.82) is 5.26 Å². The van der Waals surface area contributed by atoms with E-state index in [0.717, 1.165) is 12.1 Å². The molecule has 0 fully saturated rings. The number of hydrogen-bond acceptors (Lipinski definition) is 6. The first kappa shape index (κ1) is 22.1. The maximum absolute atomic E-state index is 13.0. The van der Waals surface area contributed by atoms with Crippen LogP contribution in [-0.4, -0.2) is 17.3 Å². The van der Waals surface area contributed by atoms with Gasteiger partial charge in [0.05, 0.1) is 18.6 Å². The predicted molar refractivity (Wildman–Crippen MR) is 111 cm³/mol. The van der Waals surface area contributed by atoms with Gasteiger partial charge in [0.15, 0.2) is 0 Å². The molecule has 4 rings (SSSR count). The Balaban J connectivity index is 1.70. The van der Waals surface area contributed by atoms with Crippen molar-refractivity contribution < 1.29 is 27.4 Å². The van der Waals surface area contributed by atoms with Crippen LogP contribution >= 0.6 is 0 Å². The number of halogens is 3. The lowest BCUT2D eigenvalue weighted by Crippen LogP contribution is -2.21. The molecule has 0 unspecified atom stereocenters. The van der Waals surface area contributed by atoms with Crippen molar-refractivity contribution >= 4 is 0 Å². The van der Waals surface area contributed by atoms with Crippen molar-refractivity contribution in [2.45, 2.75) is 25.6 Å². The van der Waals surface area contributed by atoms with Crippen LogP contribution in [0.3, 0.4) is 0 Å². The number of nitrogens with one attached hydrogen (secondary N) is 1. The fraction of sp³-hybridized carbons (Fsp3) is 0.217. The number of nitrogens with zero attached hydrogens (tertiary/aromatic N) is 2. The maximum Gasteiger partial charge on any atom is 0.416 e. The average Bonchev–Trinajstić information content (AvgIpc) is 3.16. The smallest absolute Gasteiger partial charge is 0.416 e. The van der Waals surface area contributed by atoms with Crippen molar-refractivity contribution in [3.05, 3.63) is 81.9 Å². The highest BCUT2D eigenvalue weighted by atomic mass is 19.4. The summed E-state index contributed by atoms with van der Waals surface area (Å²) in [6, 6.07) is 12.0. The Hall–Kier alpha value is -4.13. The lowest BCUT2D eigenvalue weighted by atomic mass is 9.83. The van der Waals surface area contributed by atoms with Crippen LogP contribution in [0.4, 0.5) is 13.2 Å². The molecule has 3 aromatic rings. The van der Waals surface area contributed by atoms with E-state index in [9.17, 15) is 18.4 Å². The zero-order valence-electron chi connectivity index (χ0n) is 17.7. The van der Waals surface area contributed by atoms with Crippen LogP contribution < -0.4 is 19.9 Å². The van der Waals surface area contributed by atoms with Gasteiger partial charge in [-0.25, -0.2) is 0 Å².